The fraction of sp³-hybridized carbons (Fsp3) is 0.381. The molecule has 1 aliphatic heterocycles. The van der Waals surface area contributed by atoms with Crippen molar-refractivity contribution in [2.24, 2.45) is 0 Å². The number of anilines is 1. The Bertz CT molecular complexity index is 980. The van der Waals surface area contributed by atoms with Crippen LogP contribution >= 0.6 is 12.4 Å². The number of hydrogen-bond donors (Lipinski definition) is 2. The van der Waals surface area contributed by atoms with E-state index in [-0.39, 0.29) is 18.3 Å². The maximum atomic E-state index is 12.6. The Hall–Kier alpha value is -2.64. The molecule has 8 heteroatoms. The molecule has 3 heterocycles. The SMILES string of the molecule is CN(C)c1cc(CNC(=O)c2ccn(C3CCCNC3)n2)c2ccccc2n1.Cl. The Labute approximate surface area is 176 Å². The predicted molar refractivity (Wildman–Crippen MR) is 118 cm³/mol. The van der Waals surface area contributed by atoms with E-state index in [0.29, 0.717) is 18.3 Å². The molecule has 1 saturated heterocycles. The molecule has 7 nitrogen and oxygen atoms in total. The number of piperidine rings is 1. The van der Waals surface area contributed by atoms with E-state index in [9.17, 15) is 4.79 Å². The Kier molecular flexibility index (Phi) is 6.71. The first-order valence-electron chi connectivity index (χ1n) is 9.72. The van der Waals surface area contributed by atoms with Crippen LogP contribution < -0.4 is 15.5 Å². The summed E-state index contributed by atoms with van der Waals surface area (Å²) in [4.78, 5) is 19.3. The Morgan fingerprint density at radius 2 is 2.14 bits per heavy atom. The lowest BCUT2D eigenvalue weighted by Crippen LogP contribution is -2.32. The van der Waals surface area contributed by atoms with Crippen molar-refractivity contribution in [3.8, 4) is 0 Å². The van der Waals surface area contributed by atoms with Crippen LogP contribution in [0.1, 0.15) is 34.9 Å². The highest BCUT2D eigenvalue weighted by Crippen LogP contribution is 2.22. The van der Waals surface area contributed by atoms with Crippen LogP contribution in [0.4, 0.5) is 5.82 Å². The van der Waals surface area contributed by atoms with Gasteiger partial charge in [-0.05, 0) is 43.1 Å². The molecule has 4 rings (SSSR count). The van der Waals surface area contributed by atoms with Gasteiger partial charge in [-0.2, -0.15) is 5.10 Å². The number of nitrogens with zero attached hydrogens (tertiary/aromatic N) is 4. The average Bonchev–Trinajstić information content (AvgIpc) is 3.22. The summed E-state index contributed by atoms with van der Waals surface area (Å²) in [5, 5.41) is 11.9. The summed E-state index contributed by atoms with van der Waals surface area (Å²) in [6.07, 6.45) is 4.13. The molecule has 0 radical (unpaired) electrons. The second kappa shape index (κ2) is 9.24. The van der Waals surface area contributed by atoms with Crippen LogP contribution in [-0.4, -0.2) is 47.9 Å². The van der Waals surface area contributed by atoms with Crippen molar-refractivity contribution in [3.63, 3.8) is 0 Å². The highest BCUT2D eigenvalue weighted by Gasteiger charge is 2.18. The largest absolute Gasteiger partial charge is 0.363 e. The molecule has 1 unspecified atom stereocenters. The van der Waals surface area contributed by atoms with E-state index in [1.54, 1.807) is 6.07 Å². The van der Waals surface area contributed by atoms with Crippen molar-refractivity contribution in [1.82, 2.24) is 25.4 Å². The Balaban J connectivity index is 0.00000240. The first kappa shape index (κ1) is 21.1. The van der Waals surface area contributed by atoms with Crippen LogP contribution in [0.3, 0.4) is 0 Å². The fourth-order valence-electron chi connectivity index (χ4n) is 3.60. The van der Waals surface area contributed by atoms with Crippen molar-refractivity contribution >= 4 is 35.0 Å². The van der Waals surface area contributed by atoms with Crippen molar-refractivity contribution in [2.45, 2.75) is 25.4 Å². The number of benzene rings is 1. The number of hydrogen-bond acceptors (Lipinski definition) is 5. The van der Waals surface area contributed by atoms with Crippen LogP contribution in [0, 0.1) is 0 Å². The summed E-state index contributed by atoms with van der Waals surface area (Å²) in [5.74, 6) is 0.715. The highest BCUT2D eigenvalue weighted by molar-refractivity contribution is 5.92. The molecule has 1 aromatic carbocycles. The maximum Gasteiger partial charge on any atom is 0.272 e. The minimum atomic E-state index is -0.158. The van der Waals surface area contributed by atoms with Gasteiger partial charge in [0.05, 0.1) is 11.6 Å². The highest BCUT2D eigenvalue weighted by atomic mass is 35.5. The molecule has 29 heavy (non-hydrogen) atoms. The molecule has 0 saturated carbocycles. The number of carbonyl (C=O) groups excluding carboxylic acids is 1. The lowest BCUT2D eigenvalue weighted by atomic mass is 10.1. The molecular weight excluding hydrogens is 388 g/mol. The maximum absolute atomic E-state index is 12.6. The summed E-state index contributed by atoms with van der Waals surface area (Å²) >= 11 is 0. The van der Waals surface area contributed by atoms with E-state index < -0.39 is 0 Å². The van der Waals surface area contributed by atoms with Gasteiger partial charge in [0.15, 0.2) is 0 Å². The molecule has 1 fully saturated rings. The predicted octanol–water partition coefficient (Wildman–Crippen LogP) is 2.77. The third kappa shape index (κ3) is 4.68. The zero-order chi connectivity index (χ0) is 19.5. The quantitative estimate of drug-likeness (QED) is 0.671. The van der Waals surface area contributed by atoms with Crippen LogP contribution in [0.25, 0.3) is 10.9 Å². The van der Waals surface area contributed by atoms with Gasteiger partial charge in [-0.3, -0.25) is 9.48 Å². The lowest BCUT2D eigenvalue weighted by molar-refractivity contribution is 0.0944. The van der Waals surface area contributed by atoms with Gasteiger partial charge in [0.25, 0.3) is 5.91 Å². The first-order valence-corrected chi connectivity index (χ1v) is 9.72. The minimum Gasteiger partial charge on any atom is -0.363 e. The zero-order valence-corrected chi connectivity index (χ0v) is 17.6. The molecule has 0 bridgehead atoms. The summed E-state index contributed by atoms with van der Waals surface area (Å²) in [6, 6.07) is 12.1. The molecule has 1 atom stereocenters. The third-order valence-electron chi connectivity index (χ3n) is 5.17. The number of fused-ring (bicyclic) bond motifs is 1. The zero-order valence-electron chi connectivity index (χ0n) is 16.8. The molecule has 0 spiro atoms. The van der Waals surface area contributed by atoms with E-state index in [1.165, 1.54) is 0 Å². The molecule has 1 aliphatic rings. The monoisotopic (exact) mass is 414 g/mol. The summed E-state index contributed by atoms with van der Waals surface area (Å²) in [5.41, 5.74) is 2.42. The van der Waals surface area contributed by atoms with Gasteiger partial charge >= 0.3 is 0 Å². The number of nitrogens with one attached hydrogen (secondary N) is 2. The molecular formula is C21H27ClN6O. The number of halogens is 1. The minimum absolute atomic E-state index is 0. The number of para-hydroxylation sites is 1. The molecule has 0 aliphatic carbocycles. The van der Waals surface area contributed by atoms with Crippen LogP contribution in [0.2, 0.25) is 0 Å². The average molecular weight is 415 g/mol. The Morgan fingerprint density at radius 1 is 1.31 bits per heavy atom. The van der Waals surface area contributed by atoms with Gasteiger partial charge in [0.1, 0.15) is 11.5 Å². The van der Waals surface area contributed by atoms with Crippen molar-refractivity contribution in [1.29, 1.82) is 0 Å². The number of pyridine rings is 1. The van der Waals surface area contributed by atoms with E-state index in [2.05, 4.69) is 20.7 Å². The molecule has 154 valence electrons. The summed E-state index contributed by atoms with van der Waals surface area (Å²) < 4.78 is 1.91. The first-order chi connectivity index (χ1) is 13.6. The van der Waals surface area contributed by atoms with Crippen LogP contribution in [0.5, 0.6) is 0 Å². The normalized spacial score (nSPS) is 16.3. The lowest BCUT2D eigenvalue weighted by Gasteiger charge is -2.22. The van der Waals surface area contributed by atoms with Gasteiger partial charge in [0.2, 0.25) is 0 Å². The third-order valence-corrected chi connectivity index (χ3v) is 5.17. The standard InChI is InChI=1S/C21H26N6O.ClH/c1-26(2)20-12-15(17-7-3-4-8-18(17)24-20)13-23-21(28)19-9-11-27(25-19)16-6-5-10-22-14-16;/h3-4,7-9,11-12,16,22H,5-6,10,13-14H2,1-2H3,(H,23,28);1H. The van der Waals surface area contributed by atoms with E-state index in [1.807, 2.05) is 60.2 Å². The fourth-order valence-corrected chi connectivity index (χ4v) is 3.60. The van der Waals surface area contributed by atoms with Crippen molar-refractivity contribution in [3.05, 3.63) is 53.9 Å². The van der Waals surface area contributed by atoms with Crippen LogP contribution in [-0.2, 0) is 6.54 Å². The Morgan fingerprint density at radius 3 is 2.90 bits per heavy atom. The second-order valence-electron chi connectivity index (χ2n) is 7.41. The van der Waals surface area contributed by atoms with Gasteiger partial charge in [-0.1, -0.05) is 18.2 Å². The van der Waals surface area contributed by atoms with Gasteiger partial charge in [0, 0.05) is 38.8 Å². The molecule has 2 N–H and O–H groups in total. The van der Waals surface area contributed by atoms with Gasteiger partial charge in [-0.15, -0.1) is 12.4 Å². The van der Waals surface area contributed by atoms with Crippen LogP contribution in [0.15, 0.2) is 42.6 Å². The summed E-state index contributed by atoms with van der Waals surface area (Å²) in [7, 11) is 3.93. The molecule has 3 aromatic rings. The smallest absolute Gasteiger partial charge is 0.272 e. The van der Waals surface area contributed by atoms with E-state index in [4.69, 9.17) is 0 Å². The number of amides is 1. The van der Waals surface area contributed by atoms with Crippen molar-refractivity contribution < 1.29 is 4.79 Å². The second-order valence-corrected chi connectivity index (χ2v) is 7.41. The number of carbonyl (C=O) groups is 1. The summed E-state index contributed by atoms with van der Waals surface area (Å²) in [6.45, 7) is 2.39. The van der Waals surface area contributed by atoms with E-state index in [0.717, 1.165) is 48.2 Å². The number of aromatic nitrogens is 3. The molecule has 2 aromatic heterocycles. The number of rotatable bonds is 5. The molecule has 1 amide bonds. The topological polar surface area (TPSA) is 75.1 Å². The van der Waals surface area contributed by atoms with Gasteiger partial charge < -0.3 is 15.5 Å². The van der Waals surface area contributed by atoms with Gasteiger partial charge in [-0.25, -0.2) is 4.98 Å². The van der Waals surface area contributed by atoms with E-state index >= 15 is 0 Å². The van der Waals surface area contributed by atoms with Crippen molar-refractivity contribution in [2.75, 3.05) is 32.1 Å².